The molecule has 9 nitrogen and oxygen atoms in total. The maximum absolute atomic E-state index is 12.7. The average Bonchev–Trinajstić information content (AvgIpc) is 3.13. The summed E-state index contributed by atoms with van der Waals surface area (Å²) in [5.41, 5.74) is 0. The molecule has 0 spiro atoms. The second kappa shape index (κ2) is 37.3. The number of nitrogens with one attached hydrogen (secondary N) is 2. The number of rotatable bonds is 35. The highest BCUT2D eigenvalue weighted by atomic mass is 16.5. The molecule has 0 saturated heterocycles. The van der Waals surface area contributed by atoms with E-state index >= 15 is 0 Å². The SMILES string of the molecule is CC/C=C\C/C=C\C/C=C\CCCCCCCCCC(=O)OC(/C=C\C/C=C\CCCCC)CCCCCCC(=O)NCC(=O)NC(CO)C(=O)O. The van der Waals surface area contributed by atoms with Crippen molar-refractivity contribution in [2.24, 2.45) is 0 Å². The molecule has 0 rings (SSSR count). The molecule has 296 valence electrons. The van der Waals surface area contributed by atoms with Gasteiger partial charge in [0.15, 0.2) is 0 Å². The minimum atomic E-state index is -1.39. The smallest absolute Gasteiger partial charge is 0.328 e. The molecular formula is C43H72N2O7. The van der Waals surface area contributed by atoms with Crippen molar-refractivity contribution >= 4 is 23.8 Å². The van der Waals surface area contributed by atoms with Crippen LogP contribution in [0.25, 0.3) is 0 Å². The molecule has 0 aliphatic heterocycles. The summed E-state index contributed by atoms with van der Waals surface area (Å²) in [5.74, 6) is -2.44. The molecule has 0 radical (unpaired) electrons. The van der Waals surface area contributed by atoms with Crippen molar-refractivity contribution in [1.82, 2.24) is 10.6 Å². The summed E-state index contributed by atoms with van der Waals surface area (Å²) in [6.45, 7) is 3.28. The number of carboxylic acids is 1. The first-order valence-electron chi connectivity index (χ1n) is 20.2. The van der Waals surface area contributed by atoms with Crippen LogP contribution in [-0.2, 0) is 23.9 Å². The van der Waals surface area contributed by atoms with Crippen LogP contribution >= 0.6 is 0 Å². The summed E-state index contributed by atoms with van der Waals surface area (Å²) in [4.78, 5) is 47.4. The zero-order valence-electron chi connectivity index (χ0n) is 32.5. The van der Waals surface area contributed by atoms with E-state index in [1.165, 1.54) is 44.9 Å². The quantitative estimate of drug-likeness (QED) is 0.0289. The van der Waals surface area contributed by atoms with E-state index < -0.39 is 24.5 Å². The summed E-state index contributed by atoms with van der Waals surface area (Å²) in [5, 5.41) is 22.5. The first-order valence-corrected chi connectivity index (χ1v) is 20.2. The largest absolute Gasteiger partial charge is 0.480 e. The number of unbranched alkanes of at least 4 members (excludes halogenated alkanes) is 13. The maximum Gasteiger partial charge on any atom is 0.328 e. The normalized spacial score (nSPS) is 13.1. The Balaban J connectivity index is 4.31. The van der Waals surface area contributed by atoms with Gasteiger partial charge in [-0.3, -0.25) is 14.4 Å². The zero-order valence-corrected chi connectivity index (χ0v) is 32.5. The van der Waals surface area contributed by atoms with Crippen molar-refractivity contribution in [3.05, 3.63) is 60.8 Å². The first-order chi connectivity index (χ1) is 25.3. The summed E-state index contributed by atoms with van der Waals surface area (Å²) < 4.78 is 5.87. The third-order valence-electron chi connectivity index (χ3n) is 8.48. The molecule has 0 saturated carbocycles. The van der Waals surface area contributed by atoms with E-state index in [4.69, 9.17) is 14.9 Å². The molecule has 0 aliphatic carbocycles. The van der Waals surface area contributed by atoms with Crippen molar-refractivity contribution in [3.63, 3.8) is 0 Å². The van der Waals surface area contributed by atoms with Crippen LogP contribution < -0.4 is 10.6 Å². The number of carboxylic acid groups (broad SMARTS) is 1. The Labute approximate surface area is 315 Å². The van der Waals surface area contributed by atoms with Crippen LogP contribution in [0.1, 0.15) is 162 Å². The molecule has 0 fully saturated rings. The Morgan fingerprint density at radius 2 is 1.15 bits per heavy atom. The van der Waals surface area contributed by atoms with Gasteiger partial charge in [0.1, 0.15) is 12.1 Å². The third kappa shape index (κ3) is 33.7. The first kappa shape index (κ1) is 48.5. The van der Waals surface area contributed by atoms with Gasteiger partial charge in [0, 0.05) is 12.8 Å². The lowest BCUT2D eigenvalue weighted by molar-refractivity contribution is -0.147. The Hall–Kier alpha value is -3.46. The van der Waals surface area contributed by atoms with Crippen LogP contribution in [0.5, 0.6) is 0 Å². The Morgan fingerprint density at radius 3 is 1.77 bits per heavy atom. The maximum atomic E-state index is 12.7. The molecular weight excluding hydrogens is 656 g/mol. The van der Waals surface area contributed by atoms with Crippen molar-refractivity contribution in [1.29, 1.82) is 0 Å². The molecule has 52 heavy (non-hydrogen) atoms. The van der Waals surface area contributed by atoms with E-state index in [1.54, 1.807) is 0 Å². The Kier molecular flexibility index (Phi) is 34.8. The van der Waals surface area contributed by atoms with Crippen LogP contribution in [0, 0.1) is 0 Å². The average molecular weight is 729 g/mol. The number of carbonyl (C=O) groups excluding carboxylic acids is 3. The highest BCUT2D eigenvalue weighted by Crippen LogP contribution is 2.15. The fourth-order valence-corrected chi connectivity index (χ4v) is 5.38. The van der Waals surface area contributed by atoms with Crippen LogP contribution in [0.2, 0.25) is 0 Å². The van der Waals surface area contributed by atoms with E-state index in [-0.39, 0.29) is 30.9 Å². The van der Waals surface area contributed by atoms with Crippen molar-refractivity contribution in [2.75, 3.05) is 13.2 Å². The van der Waals surface area contributed by atoms with Crippen LogP contribution in [0.3, 0.4) is 0 Å². The minimum Gasteiger partial charge on any atom is -0.480 e. The number of amides is 2. The van der Waals surface area contributed by atoms with E-state index in [9.17, 15) is 19.2 Å². The molecule has 2 unspecified atom stereocenters. The number of allylic oxidation sites excluding steroid dienone is 9. The van der Waals surface area contributed by atoms with Crippen molar-refractivity contribution < 1.29 is 34.1 Å². The van der Waals surface area contributed by atoms with Gasteiger partial charge in [-0.2, -0.15) is 0 Å². The fourth-order valence-electron chi connectivity index (χ4n) is 5.38. The second-order valence-electron chi connectivity index (χ2n) is 13.3. The number of ether oxygens (including phenoxy) is 1. The summed E-state index contributed by atoms with van der Waals surface area (Å²) in [6, 6.07) is -1.39. The molecule has 4 N–H and O–H groups in total. The van der Waals surface area contributed by atoms with Gasteiger partial charge in [-0.25, -0.2) is 4.79 Å². The van der Waals surface area contributed by atoms with Gasteiger partial charge in [0.2, 0.25) is 11.8 Å². The molecule has 2 amide bonds. The van der Waals surface area contributed by atoms with Gasteiger partial charge in [0.25, 0.3) is 0 Å². The molecule has 9 heteroatoms. The predicted octanol–water partition coefficient (Wildman–Crippen LogP) is 9.37. The number of hydrogen-bond acceptors (Lipinski definition) is 6. The monoisotopic (exact) mass is 729 g/mol. The molecule has 2 atom stereocenters. The van der Waals surface area contributed by atoms with Gasteiger partial charge in [-0.15, -0.1) is 0 Å². The lowest BCUT2D eigenvalue weighted by Gasteiger charge is -2.15. The highest BCUT2D eigenvalue weighted by molar-refractivity contribution is 5.87. The summed E-state index contributed by atoms with van der Waals surface area (Å²) in [6.07, 6.45) is 44.1. The second-order valence-corrected chi connectivity index (χ2v) is 13.3. The molecule has 0 heterocycles. The Morgan fingerprint density at radius 1 is 0.615 bits per heavy atom. The van der Waals surface area contributed by atoms with E-state index in [2.05, 4.69) is 79.2 Å². The highest BCUT2D eigenvalue weighted by Gasteiger charge is 2.18. The molecule has 0 aromatic rings. The number of esters is 1. The van der Waals surface area contributed by atoms with Crippen LogP contribution in [0.15, 0.2) is 60.8 Å². The van der Waals surface area contributed by atoms with Gasteiger partial charge >= 0.3 is 11.9 Å². The number of carbonyl (C=O) groups is 4. The van der Waals surface area contributed by atoms with Crippen molar-refractivity contribution in [3.8, 4) is 0 Å². The number of aliphatic carboxylic acids is 1. The Bertz CT molecular complexity index is 1060. The molecule has 0 aromatic heterocycles. The molecule has 0 aromatic carbocycles. The van der Waals surface area contributed by atoms with Gasteiger partial charge in [-0.1, -0.05) is 126 Å². The van der Waals surface area contributed by atoms with Crippen molar-refractivity contribution in [2.45, 2.75) is 174 Å². The summed E-state index contributed by atoms with van der Waals surface area (Å²) >= 11 is 0. The molecule has 0 bridgehead atoms. The van der Waals surface area contributed by atoms with E-state index in [1.807, 2.05) is 6.08 Å². The van der Waals surface area contributed by atoms with E-state index in [0.717, 1.165) is 83.5 Å². The third-order valence-corrected chi connectivity index (χ3v) is 8.48. The minimum absolute atomic E-state index is 0.141. The zero-order chi connectivity index (χ0) is 38.3. The topological polar surface area (TPSA) is 142 Å². The lowest BCUT2D eigenvalue weighted by Crippen LogP contribution is -2.47. The van der Waals surface area contributed by atoms with Crippen LogP contribution in [-0.4, -0.2) is 59.3 Å². The van der Waals surface area contributed by atoms with Gasteiger partial charge in [0.05, 0.1) is 13.2 Å². The number of hydrogen-bond donors (Lipinski definition) is 4. The van der Waals surface area contributed by atoms with E-state index in [0.29, 0.717) is 12.8 Å². The lowest BCUT2D eigenvalue weighted by atomic mass is 10.1. The standard InChI is InChI=1S/C43H72N2O7/c1-3-5-7-9-11-13-14-15-16-17-18-19-20-21-23-25-31-35-42(49)52-38(32-28-24-22-12-10-8-6-4-2)33-29-26-27-30-34-40(47)44-36-41(48)45-39(37-46)43(50)51/h5,7,11-13,15-16,22,28,32,38-39,46H,3-4,6,8-10,14,17-21,23-27,29-31,33-37H2,1-2H3,(H,44,47)(H,45,48)(H,50,51)/b7-5-,13-11-,16-15-,22-12-,32-28-. The molecule has 0 aliphatic rings. The number of aliphatic hydroxyl groups is 1. The van der Waals surface area contributed by atoms with Crippen LogP contribution in [0.4, 0.5) is 0 Å². The number of aliphatic hydroxyl groups excluding tert-OH is 1. The van der Waals surface area contributed by atoms with Gasteiger partial charge < -0.3 is 25.6 Å². The van der Waals surface area contributed by atoms with Gasteiger partial charge in [-0.05, 0) is 83.1 Å². The fraction of sp³-hybridized carbons (Fsp3) is 0.674. The predicted molar refractivity (Wildman–Crippen MR) is 213 cm³/mol. The summed E-state index contributed by atoms with van der Waals surface area (Å²) in [7, 11) is 0.